The topological polar surface area (TPSA) is 57.3 Å². The van der Waals surface area contributed by atoms with Crippen molar-refractivity contribution in [2.45, 2.75) is 12.6 Å². The van der Waals surface area contributed by atoms with Crippen molar-refractivity contribution in [1.82, 2.24) is 20.5 Å². The quantitative estimate of drug-likeness (QED) is 0.747. The standard InChI is InChI=1S/C12H18N4O/c1-13-12(17)11-8-15-5-6-16(11)9-10-3-2-4-14-7-10/h2-4,7,11,15H,5-6,8-9H2,1H3,(H,13,17). The van der Waals surface area contributed by atoms with Gasteiger partial charge in [-0.25, -0.2) is 0 Å². The van der Waals surface area contributed by atoms with Gasteiger partial charge in [-0.15, -0.1) is 0 Å². The van der Waals surface area contributed by atoms with Crippen LogP contribution in [-0.2, 0) is 11.3 Å². The van der Waals surface area contributed by atoms with E-state index in [0.717, 1.165) is 25.2 Å². The first kappa shape index (κ1) is 12.0. The number of hydrogen-bond acceptors (Lipinski definition) is 4. The summed E-state index contributed by atoms with van der Waals surface area (Å²) in [6, 6.07) is 3.87. The second-order valence-electron chi connectivity index (χ2n) is 4.17. The Morgan fingerprint density at radius 3 is 3.29 bits per heavy atom. The largest absolute Gasteiger partial charge is 0.358 e. The molecule has 1 amide bonds. The minimum atomic E-state index is -0.0889. The highest BCUT2D eigenvalue weighted by Gasteiger charge is 2.27. The van der Waals surface area contributed by atoms with Gasteiger partial charge in [0.15, 0.2) is 0 Å². The highest BCUT2D eigenvalue weighted by atomic mass is 16.2. The predicted molar refractivity (Wildman–Crippen MR) is 65.4 cm³/mol. The SMILES string of the molecule is CNC(=O)C1CNCCN1Cc1cccnc1. The fourth-order valence-electron chi connectivity index (χ4n) is 2.09. The molecule has 1 unspecified atom stereocenters. The van der Waals surface area contributed by atoms with Gasteiger partial charge in [0.25, 0.3) is 0 Å². The summed E-state index contributed by atoms with van der Waals surface area (Å²) >= 11 is 0. The summed E-state index contributed by atoms with van der Waals surface area (Å²) in [5, 5.41) is 5.96. The van der Waals surface area contributed by atoms with Crippen LogP contribution in [0.3, 0.4) is 0 Å². The highest BCUT2D eigenvalue weighted by molar-refractivity contribution is 5.81. The lowest BCUT2D eigenvalue weighted by Crippen LogP contribution is -2.56. The molecule has 0 bridgehead atoms. The molecule has 2 N–H and O–H groups in total. The van der Waals surface area contributed by atoms with E-state index in [-0.39, 0.29) is 11.9 Å². The van der Waals surface area contributed by atoms with Crippen molar-refractivity contribution in [3.8, 4) is 0 Å². The Morgan fingerprint density at radius 2 is 2.59 bits per heavy atom. The zero-order chi connectivity index (χ0) is 12.1. The van der Waals surface area contributed by atoms with Crippen LogP contribution in [0.4, 0.5) is 0 Å². The van der Waals surface area contributed by atoms with Gasteiger partial charge < -0.3 is 10.6 Å². The van der Waals surface area contributed by atoms with E-state index in [9.17, 15) is 4.79 Å². The number of likely N-dealkylation sites (N-methyl/N-ethyl adjacent to an activating group) is 1. The Bertz CT molecular complexity index is 368. The Hall–Kier alpha value is -1.46. The highest BCUT2D eigenvalue weighted by Crippen LogP contribution is 2.09. The molecule has 92 valence electrons. The van der Waals surface area contributed by atoms with Crippen LogP contribution >= 0.6 is 0 Å². The molecule has 1 aliphatic heterocycles. The molecule has 5 heteroatoms. The van der Waals surface area contributed by atoms with Gasteiger partial charge in [-0.3, -0.25) is 14.7 Å². The first-order chi connectivity index (χ1) is 8.31. The fraction of sp³-hybridized carbons (Fsp3) is 0.500. The van der Waals surface area contributed by atoms with Crippen molar-refractivity contribution in [3.05, 3.63) is 30.1 Å². The van der Waals surface area contributed by atoms with Gasteiger partial charge in [-0.1, -0.05) is 6.07 Å². The molecule has 0 radical (unpaired) electrons. The van der Waals surface area contributed by atoms with E-state index in [1.807, 2.05) is 18.3 Å². The summed E-state index contributed by atoms with van der Waals surface area (Å²) in [6.45, 7) is 3.29. The molecule has 0 spiro atoms. The second-order valence-corrected chi connectivity index (χ2v) is 4.17. The van der Waals surface area contributed by atoms with Crippen molar-refractivity contribution in [2.24, 2.45) is 0 Å². The molecular weight excluding hydrogens is 216 g/mol. The number of nitrogens with one attached hydrogen (secondary N) is 2. The van der Waals surface area contributed by atoms with Crippen LogP contribution in [0.2, 0.25) is 0 Å². The first-order valence-corrected chi connectivity index (χ1v) is 5.86. The van der Waals surface area contributed by atoms with E-state index in [1.165, 1.54) is 0 Å². The van der Waals surface area contributed by atoms with Crippen molar-refractivity contribution < 1.29 is 4.79 Å². The Labute approximate surface area is 101 Å². The summed E-state index contributed by atoms with van der Waals surface area (Å²) in [6.07, 6.45) is 3.61. The average Bonchev–Trinajstić information content (AvgIpc) is 2.40. The molecule has 0 aromatic carbocycles. The number of aromatic nitrogens is 1. The molecule has 17 heavy (non-hydrogen) atoms. The smallest absolute Gasteiger partial charge is 0.238 e. The maximum atomic E-state index is 11.8. The van der Waals surface area contributed by atoms with E-state index in [2.05, 4.69) is 20.5 Å². The number of rotatable bonds is 3. The van der Waals surface area contributed by atoms with Crippen LogP contribution in [0.5, 0.6) is 0 Å². The van der Waals surface area contributed by atoms with Gasteiger partial charge in [0.2, 0.25) is 5.91 Å². The van der Waals surface area contributed by atoms with Gasteiger partial charge in [0.05, 0.1) is 0 Å². The first-order valence-electron chi connectivity index (χ1n) is 5.86. The lowest BCUT2D eigenvalue weighted by Gasteiger charge is -2.34. The Kier molecular flexibility index (Phi) is 4.06. The van der Waals surface area contributed by atoms with E-state index >= 15 is 0 Å². The number of carbonyl (C=O) groups is 1. The molecule has 1 aliphatic rings. The van der Waals surface area contributed by atoms with Gasteiger partial charge >= 0.3 is 0 Å². The molecular formula is C12H18N4O. The summed E-state index contributed by atoms with van der Waals surface area (Å²) in [7, 11) is 1.68. The van der Waals surface area contributed by atoms with Crippen LogP contribution in [0, 0.1) is 0 Å². The van der Waals surface area contributed by atoms with Gasteiger partial charge in [-0.2, -0.15) is 0 Å². The van der Waals surface area contributed by atoms with Crippen molar-refractivity contribution >= 4 is 5.91 Å². The normalized spacial score (nSPS) is 21.1. The van der Waals surface area contributed by atoms with Crippen LogP contribution in [0.25, 0.3) is 0 Å². The third-order valence-corrected chi connectivity index (χ3v) is 3.01. The molecule has 1 atom stereocenters. The molecule has 1 saturated heterocycles. The summed E-state index contributed by atoms with van der Waals surface area (Å²) < 4.78 is 0. The molecule has 5 nitrogen and oxygen atoms in total. The molecule has 2 heterocycles. The summed E-state index contributed by atoms with van der Waals surface area (Å²) in [5.41, 5.74) is 1.14. The second kappa shape index (κ2) is 5.75. The average molecular weight is 234 g/mol. The maximum absolute atomic E-state index is 11.8. The van der Waals surface area contributed by atoms with Crippen LogP contribution in [0.15, 0.2) is 24.5 Å². The summed E-state index contributed by atoms with van der Waals surface area (Å²) in [5.74, 6) is 0.0705. The van der Waals surface area contributed by atoms with E-state index in [0.29, 0.717) is 6.54 Å². The van der Waals surface area contributed by atoms with Gasteiger partial charge in [0, 0.05) is 45.6 Å². The van der Waals surface area contributed by atoms with E-state index in [1.54, 1.807) is 13.2 Å². The van der Waals surface area contributed by atoms with Crippen LogP contribution < -0.4 is 10.6 Å². The van der Waals surface area contributed by atoms with Gasteiger partial charge in [-0.05, 0) is 11.6 Å². The minimum Gasteiger partial charge on any atom is -0.358 e. The lowest BCUT2D eigenvalue weighted by atomic mass is 10.1. The fourth-order valence-corrected chi connectivity index (χ4v) is 2.09. The molecule has 1 aromatic heterocycles. The van der Waals surface area contributed by atoms with Crippen molar-refractivity contribution in [3.63, 3.8) is 0 Å². The molecule has 2 rings (SSSR count). The predicted octanol–water partition coefficient (Wildman–Crippen LogP) is -0.399. The Balaban J connectivity index is 2.04. The van der Waals surface area contributed by atoms with Crippen molar-refractivity contribution in [1.29, 1.82) is 0 Å². The molecule has 1 aromatic rings. The monoisotopic (exact) mass is 234 g/mol. The number of carbonyl (C=O) groups excluding carboxylic acids is 1. The number of pyridine rings is 1. The van der Waals surface area contributed by atoms with E-state index in [4.69, 9.17) is 0 Å². The molecule has 1 fully saturated rings. The summed E-state index contributed by atoms with van der Waals surface area (Å²) in [4.78, 5) is 18.0. The third kappa shape index (κ3) is 3.01. The molecule has 0 aliphatic carbocycles. The maximum Gasteiger partial charge on any atom is 0.238 e. The van der Waals surface area contributed by atoms with E-state index < -0.39 is 0 Å². The van der Waals surface area contributed by atoms with Crippen LogP contribution in [0.1, 0.15) is 5.56 Å². The Morgan fingerprint density at radius 1 is 1.71 bits per heavy atom. The zero-order valence-electron chi connectivity index (χ0n) is 10.0. The van der Waals surface area contributed by atoms with Crippen LogP contribution in [-0.4, -0.2) is 48.5 Å². The third-order valence-electron chi connectivity index (χ3n) is 3.01. The zero-order valence-corrected chi connectivity index (χ0v) is 10.0. The number of amides is 1. The number of piperazine rings is 1. The molecule has 0 saturated carbocycles. The number of hydrogen-bond donors (Lipinski definition) is 2. The van der Waals surface area contributed by atoms with Crippen molar-refractivity contribution in [2.75, 3.05) is 26.7 Å². The minimum absolute atomic E-state index is 0.0705. The lowest BCUT2D eigenvalue weighted by molar-refractivity contribution is -0.126. The van der Waals surface area contributed by atoms with Gasteiger partial charge in [0.1, 0.15) is 6.04 Å². The number of nitrogens with zero attached hydrogens (tertiary/aromatic N) is 2.